The Bertz CT molecular complexity index is 660. The lowest BCUT2D eigenvalue weighted by molar-refractivity contribution is 0.0951. The van der Waals surface area contributed by atoms with Gasteiger partial charge in [0.15, 0.2) is 0 Å². The first-order valence-electron chi connectivity index (χ1n) is 7.64. The van der Waals surface area contributed by atoms with E-state index >= 15 is 0 Å². The van der Waals surface area contributed by atoms with Gasteiger partial charge >= 0.3 is 0 Å². The van der Waals surface area contributed by atoms with Gasteiger partial charge in [-0.1, -0.05) is 12.1 Å². The van der Waals surface area contributed by atoms with Crippen LogP contribution in [0, 0.1) is 0 Å². The fraction of sp³-hybridized carbons (Fsp3) is 0.333. The van der Waals surface area contributed by atoms with Crippen LogP contribution in [0.25, 0.3) is 0 Å². The number of nitrogens with one attached hydrogen (secondary N) is 1. The molecule has 0 radical (unpaired) electrons. The van der Waals surface area contributed by atoms with E-state index in [2.05, 4.69) is 22.4 Å². The Morgan fingerprint density at radius 1 is 1.27 bits per heavy atom. The van der Waals surface area contributed by atoms with Crippen molar-refractivity contribution in [2.45, 2.75) is 25.3 Å². The minimum absolute atomic E-state index is 0.0602. The molecule has 1 fully saturated rings. The SMILES string of the molecule is CN(C)c1cccc(C(=O)NCc2ccc(C3CC3)nc2)c1. The molecular weight excluding hydrogens is 274 g/mol. The number of pyridine rings is 1. The number of anilines is 1. The van der Waals surface area contributed by atoms with Crippen LogP contribution in [0.1, 0.15) is 40.4 Å². The van der Waals surface area contributed by atoms with Crippen molar-refractivity contribution < 1.29 is 4.79 Å². The molecule has 2 aromatic rings. The van der Waals surface area contributed by atoms with Gasteiger partial charge in [-0.05, 0) is 42.7 Å². The van der Waals surface area contributed by atoms with Gasteiger partial charge in [0.2, 0.25) is 0 Å². The normalized spacial score (nSPS) is 13.7. The van der Waals surface area contributed by atoms with Crippen LogP contribution in [-0.2, 0) is 6.54 Å². The molecule has 1 heterocycles. The van der Waals surface area contributed by atoms with Crippen molar-refractivity contribution in [1.29, 1.82) is 0 Å². The van der Waals surface area contributed by atoms with Gasteiger partial charge in [0.25, 0.3) is 5.91 Å². The second-order valence-corrected chi connectivity index (χ2v) is 5.99. The molecule has 114 valence electrons. The molecule has 1 amide bonds. The first-order chi connectivity index (χ1) is 10.6. The van der Waals surface area contributed by atoms with Gasteiger partial charge in [0, 0.05) is 49.7 Å². The Morgan fingerprint density at radius 2 is 2.09 bits per heavy atom. The van der Waals surface area contributed by atoms with Gasteiger partial charge in [-0.15, -0.1) is 0 Å². The molecule has 0 bridgehead atoms. The molecule has 22 heavy (non-hydrogen) atoms. The number of carbonyl (C=O) groups excluding carboxylic acids is 1. The summed E-state index contributed by atoms with van der Waals surface area (Å²) < 4.78 is 0. The number of benzene rings is 1. The van der Waals surface area contributed by atoms with Crippen LogP contribution in [-0.4, -0.2) is 25.0 Å². The largest absolute Gasteiger partial charge is 0.378 e. The minimum atomic E-state index is -0.0602. The van der Waals surface area contributed by atoms with Crippen LogP contribution >= 0.6 is 0 Å². The highest BCUT2D eigenvalue weighted by Gasteiger charge is 2.24. The van der Waals surface area contributed by atoms with Crippen molar-refractivity contribution in [2.24, 2.45) is 0 Å². The first-order valence-corrected chi connectivity index (χ1v) is 7.64. The summed E-state index contributed by atoms with van der Waals surface area (Å²) >= 11 is 0. The van der Waals surface area contributed by atoms with Crippen LogP contribution < -0.4 is 10.2 Å². The number of aromatic nitrogens is 1. The number of carbonyl (C=O) groups is 1. The Hall–Kier alpha value is -2.36. The van der Waals surface area contributed by atoms with E-state index in [1.165, 1.54) is 18.5 Å². The summed E-state index contributed by atoms with van der Waals surface area (Å²) in [6, 6.07) is 11.7. The van der Waals surface area contributed by atoms with Gasteiger partial charge < -0.3 is 10.2 Å². The van der Waals surface area contributed by atoms with E-state index in [9.17, 15) is 4.79 Å². The summed E-state index contributed by atoms with van der Waals surface area (Å²) in [6.45, 7) is 0.503. The highest BCUT2D eigenvalue weighted by atomic mass is 16.1. The molecule has 4 heteroatoms. The molecule has 1 saturated carbocycles. The van der Waals surface area contributed by atoms with Crippen LogP contribution in [0.15, 0.2) is 42.6 Å². The number of nitrogens with zero attached hydrogens (tertiary/aromatic N) is 2. The van der Waals surface area contributed by atoms with Crippen molar-refractivity contribution in [3.63, 3.8) is 0 Å². The third-order valence-electron chi connectivity index (χ3n) is 3.92. The van der Waals surface area contributed by atoms with Gasteiger partial charge in [-0.25, -0.2) is 0 Å². The van der Waals surface area contributed by atoms with E-state index in [4.69, 9.17) is 0 Å². The second kappa shape index (κ2) is 6.18. The lowest BCUT2D eigenvalue weighted by atomic mass is 10.1. The maximum atomic E-state index is 12.2. The minimum Gasteiger partial charge on any atom is -0.378 e. The third-order valence-corrected chi connectivity index (χ3v) is 3.92. The van der Waals surface area contributed by atoms with Crippen molar-refractivity contribution >= 4 is 11.6 Å². The summed E-state index contributed by atoms with van der Waals surface area (Å²) in [7, 11) is 3.92. The van der Waals surface area contributed by atoms with E-state index in [-0.39, 0.29) is 5.91 Å². The predicted molar refractivity (Wildman–Crippen MR) is 88.2 cm³/mol. The van der Waals surface area contributed by atoms with Crippen LogP contribution in [0.4, 0.5) is 5.69 Å². The molecule has 1 aliphatic carbocycles. The highest BCUT2D eigenvalue weighted by molar-refractivity contribution is 5.95. The average molecular weight is 295 g/mol. The molecule has 3 rings (SSSR count). The van der Waals surface area contributed by atoms with E-state index < -0.39 is 0 Å². The lowest BCUT2D eigenvalue weighted by Crippen LogP contribution is -2.23. The zero-order valence-electron chi connectivity index (χ0n) is 13.0. The van der Waals surface area contributed by atoms with Gasteiger partial charge in [0.1, 0.15) is 0 Å². The molecule has 1 aromatic carbocycles. The quantitative estimate of drug-likeness (QED) is 0.922. The average Bonchev–Trinajstić information content (AvgIpc) is 3.38. The molecule has 0 aliphatic heterocycles. The van der Waals surface area contributed by atoms with Crippen molar-refractivity contribution in [3.05, 3.63) is 59.4 Å². The monoisotopic (exact) mass is 295 g/mol. The van der Waals surface area contributed by atoms with Gasteiger partial charge in [0.05, 0.1) is 0 Å². The number of hydrogen-bond acceptors (Lipinski definition) is 3. The number of hydrogen-bond donors (Lipinski definition) is 1. The summed E-state index contributed by atoms with van der Waals surface area (Å²) in [4.78, 5) is 18.7. The molecule has 4 nitrogen and oxygen atoms in total. The molecule has 0 saturated heterocycles. The molecule has 1 aromatic heterocycles. The molecular formula is C18H21N3O. The molecule has 1 aliphatic rings. The van der Waals surface area contributed by atoms with Crippen molar-refractivity contribution in [3.8, 4) is 0 Å². The van der Waals surface area contributed by atoms with Crippen molar-refractivity contribution in [1.82, 2.24) is 10.3 Å². The maximum Gasteiger partial charge on any atom is 0.251 e. The van der Waals surface area contributed by atoms with Gasteiger partial charge in [-0.2, -0.15) is 0 Å². The third kappa shape index (κ3) is 3.45. The highest BCUT2D eigenvalue weighted by Crippen LogP contribution is 2.38. The smallest absolute Gasteiger partial charge is 0.251 e. The zero-order valence-corrected chi connectivity index (χ0v) is 13.0. The Morgan fingerprint density at radius 3 is 2.73 bits per heavy atom. The topological polar surface area (TPSA) is 45.2 Å². The lowest BCUT2D eigenvalue weighted by Gasteiger charge is -2.13. The fourth-order valence-electron chi connectivity index (χ4n) is 2.37. The molecule has 0 atom stereocenters. The Labute approximate surface area is 131 Å². The first kappa shape index (κ1) is 14.6. The summed E-state index contributed by atoms with van der Waals surface area (Å²) in [5, 5.41) is 2.95. The summed E-state index contributed by atoms with van der Waals surface area (Å²) in [5.41, 5.74) is 3.90. The summed E-state index contributed by atoms with van der Waals surface area (Å²) in [5.74, 6) is 0.604. The van der Waals surface area contributed by atoms with Crippen LogP contribution in [0.3, 0.4) is 0 Å². The number of rotatable bonds is 5. The molecule has 0 spiro atoms. The van der Waals surface area contributed by atoms with Crippen LogP contribution in [0.5, 0.6) is 0 Å². The van der Waals surface area contributed by atoms with Crippen molar-refractivity contribution in [2.75, 3.05) is 19.0 Å². The fourth-order valence-corrected chi connectivity index (χ4v) is 2.37. The van der Waals surface area contributed by atoms with E-state index in [1.54, 1.807) is 0 Å². The molecule has 1 N–H and O–H groups in total. The molecule has 0 unspecified atom stereocenters. The second-order valence-electron chi connectivity index (χ2n) is 5.99. The zero-order chi connectivity index (χ0) is 15.5. The van der Waals surface area contributed by atoms with E-state index in [0.717, 1.165) is 11.3 Å². The van der Waals surface area contributed by atoms with Gasteiger partial charge in [-0.3, -0.25) is 9.78 Å². The maximum absolute atomic E-state index is 12.2. The summed E-state index contributed by atoms with van der Waals surface area (Å²) in [6.07, 6.45) is 4.38. The predicted octanol–water partition coefficient (Wildman–Crippen LogP) is 2.96. The standard InChI is InChI=1S/C18H21N3O/c1-21(2)16-5-3-4-15(10-16)18(22)20-12-13-6-9-17(19-11-13)14-7-8-14/h3-6,9-11,14H,7-8,12H2,1-2H3,(H,20,22). The Balaban J connectivity index is 1.60. The Kier molecular flexibility index (Phi) is 4.09. The van der Waals surface area contributed by atoms with E-state index in [1.807, 2.05) is 49.5 Å². The number of amides is 1. The van der Waals surface area contributed by atoms with Crippen LogP contribution in [0.2, 0.25) is 0 Å². The van der Waals surface area contributed by atoms with E-state index in [0.29, 0.717) is 18.0 Å².